The Hall–Kier alpha value is -2.79. The summed E-state index contributed by atoms with van der Waals surface area (Å²) in [6.45, 7) is 8.43. The summed E-state index contributed by atoms with van der Waals surface area (Å²) in [7, 11) is 1.61. The molecule has 0 spiro atoms. The summed E-state index contributed by atoms with van der Waals surface area (Å²) in [6.07, 6.45) is 1.95. The number of thioether (sulfide) groups is 1. The van der Waals surface area contributed by atoms with Crippen LogP contribution in [0.4, 0.5) is 4.79 Å². The molecule has 1 aromatic carbocycles. The van der Waals surface area contributed by atoms with Crippen molar-refractivity contribution in [3.05, 3.63) is 29.7 Å². The first-order valence-electron chi connectivity index (χ1n) is 13.4. The van der Waals surface area contributed by atoms with Crippen molar-refractivity contribution in [2.75, 3.05) is 44.9 Å². The van der Waals surface area contributed by atoms with E-state index in [9.17, 15) is 14.4 Å². The minimum Gasteiger partial charge on any atom is -0.444 e. The molecule has 3 amide bonds. The van der Waals surface area contributed by atoms with Gasteiger partial charge in [-0.3, -0.25) is 19.4 Å². The lowest BCUT2D eigenvalue weighted by Gasteiger charge is -2.35. The standard InChI is InChI=1S/C27H37N5O5S/c1-27(2,3)37-26(35)32-15-19(14-21(32)25(34)31-11-12-38-16-31)30-9-7-17(8-10-30)24-29-20-13-18(23(33)28-4)5-6-22(20)36-24/h5-6,13,17,19,21H,7-12,14-16H2,1-4H3,(H,28,33)/t19-,21-/m0/s1. The van der Waals surface area contributed by atoms with Crippen LogP contribution in [0.15, 0.2) is 22.6 Å². The van der Waals surface area contributed by atoms with Gasteiger partial charge in [0.1, 0.15) is 17.2 Å². The molecule has 0 aliphatic carbocycles. The normalized spacial score (nSPS) is 23.3. The summed E-state index contributed by atoms with van der Waals surface area (Å²) in [5, 5.41) is 2.63. The molecule has 2 aromatic rings. The molecule has 4 heterocycles. The third-order valence-corrected chi connectivity index (χ3v) is 8.51. The van der Waals surface area contributed by atoms with Gasteiger partial charge in [-0.15, -0.1) is 11.8 Å². The average molecular weight is 544 g/mol. The smallest absolute Gasteiger partial charge is 0.411 e. The topological polar surface area (TPSA) is 108 Å². The highest BCUT2D eigenvalue weighted by atomic mass is 32.2. The van der Waals surface area contributed by atoms with Gasteiger partial charge in [-0.25, -0.2) is 9.78 Å². The third-order valence-electron chi connectivity index (χ3n) is 7.54. The van der Waals surface area contributed by atoms with Crippen LogP contribution in [0.5, 0.6) is 0 Å². The van der Waals surface area contributed by atoms with Gasteiger partial charge in [0, 0.05) is 43.4 Å². The fourth-order valence-electron chi connectivity index (χ4n) is 5.55. The van der Waals surface area contributed by atoms with Crippen molar-refractivity contribution < 1.29 is 23.5 Å². The van der Waals surface area contributed by atoms with Crippen LogP contribution in [0.25, 0.3) is 11.1 Å². The molecule has 0 unspecified atom stereocenters. The van der Waals surface area contributed by atoms with E-state index in [2.05, 4.69) is 10.2 Å². The molecular formula is C27H37N5O5S. The van der Waals surface area contributed by atoms with Crippen molar-refractivity contribution in [3.63, 3.8) is 0 Å². The van der Waals surface area contributed by atoms with E-state index in [1.165, 1.54) is 0 Å². The number of hydrogen-bond donors (Lipinski definition) is 1. The lowest BCUT2D eigenvalue weighted by molar-refractivity contribution is -0.134. The third kappa shape index (κ3) is 5.63. The number of aromatic nitrogens is 1. The zero-order valence-corrected chi connectivity index (χ0v) is 23.4. The van der Waals surface area contributed by atoms with Crippen LogP contribution in [0.1, 0.15) is 62.2 Å². The maximum Gasteiger partial charge on any atom is 0.411 e. The van der Waals surface area contributed by atoms with Crippen molar-refractivity contribution >= 4 is 40.8 Å². The van der Waals surface area contributed by atoms with E-state index in [0.717, 1.165) is 38.2 Å². The number of benzene rings is 1. The number of carbonyl (C=O) groups excluding carboxylic acids is 3. The molecule has 206 valence electrons. The summed E-state index contributed by atoms with van der Waals surface area (Å²) in [5.74, 6) is 2.38. The van der Waals surface area contributed by atoms with E-state index in [1.54, 1.807) is 41.9 Å². The molecule has 3 aliphatic rings. The molecule has 3 saturated heterocycles. The number of nitrogens with zero attached hydrogens (tertiary/aromatic N) is 4. The molecule has 1 N–H and O–H groups in total. The molecule has 3 fully saturated rings. The van der Waals surface area contributed by atoms with Crippen LogP contribution < -0.4 is 5.32 Å². The Morgan fingerprint density at radius 2 is 1.92 bits per heavy atom. The van der Waals surface area contributed by atoms with Gasteiger partial charge in [-0.2, -0.15) is 0 Å². The summed E-state index contributed by atoms with van der Waals surface area (Å²) in [4.78, 5) is 49.0. The van der Waals surface area contributed by atoms with Gasteiger partial charge in [0.05, 0.1) is 5.88 Å². The SMILES string of the molecule is CNC(=O)c1ccc2oc(C3CCN([C@H]4C[C@@H](C(=O)N5CCSC5)N(C(=O)OC(C)(C)C)C4)CC3)nc2c1. The van der Waals surface area contributed by atoms with E-state index in [4.69, 9.17) is 14.1 Å². The Balaban J connectivity index is 1.25. The molecule has 1 aromatic heterocycles. The summed E-state index contributed by atoms with van der Waals surface area (Å²) in [5.41, 5.74) is 1.31. The molecule has 10 nitrogen and oxygen atoms in total. The van der Waals surface area contributed by atoms with Crippen LogP contribution >= 0.6 is 11.8 Å². The van der Waals surface area contributed by atoms with E-state index < -0.39 is 17.7 Å². The minimum atomic E-state index is -0.620. The number of oxazole rings is 1. The van der Waals surface area contributed by atoms with Gasteiger partial charge in [0.25, 0.3) is 5.91 Å². The minimum absolute atomic E-state index is 0.0286. The van der Waals surface area contributed by atoms with E-state index in [0.29, 0.717) is 41.4 Å². The zero-order chi connectivity index (χ0) is 27.0. The van der Waals surface area contributed by atoms with E-state index in [1.807, 2.05) is 25.7 Å². The fourth-order valence-corrected chi connectivity index (χ4v) is 6.51. The second kappa shape index (κ2) is 10.8. The zero-order valence-electron chi connectivity index (χ0n) is 22.6. The number of piperidine rings is 1. The van der Waals surface area contributed by atoms with Crippen LogP contribution in [0, 0.1) is 0 Å². The number of rotatable bonds is 4. The summed E-state index contributed by atoms with van der Waals surface area (Å²) in [6, 6.07) is 4.92. The van der Waals surface area contributed by atoms with Crippen molar-refractivity contribution in [2.24, 2.45) is 0 Å². The Morgan fingerprint density at radius 3 is 2.58 bits per heavy atom. The van der Waals surface area contributed by atoms with Gasteiger partial charge in [-0.05, 0) is 71.3 Å². The van der Waals surface area contributed by atoms with Crippen molar-refractivity contribution in [2.45, 2.75) is 63.6 Å². The number of carbonyl (C=O) groups is 3. The van der Waals surface area contributed by atoms with E-state index >= 15 is 0 Å². The van der Waals surface area contributed by atoms with Crippen molar-refractivity contribution in [1.29, 1.82) is 0 Å². The van der Waals surface area contributed by atoms with Crippen molar-refractivity contribution in [3.8, 4) is 0 Å². The molecule has 5 rings (SSSR count). The highest BCUT2D eigenvalue weighted by Gasteiger charge is 2.45. The predicted octanol–water partition coefficient (Wildman–Crippen LogP) is 3.28. The first kappa shape index (κ1) is 26.8. The molecule has 2 atom stereocenters. The lowest BCUT2D eigenvalue weighted by atomic mass is 9.95. The first-order valence-corrected chi connectivity index (χ1v) is 14.5. The maximum absolute atomic E-state index is 13.4. The second-order valence-electron chi connectivity index (χ2n) is 11.3. The maximum atomic E-state index is 13.4. The molecule has 0 bridgehead atoms. The second-order valence-corrected chi connectivity index (χ2v) is 12.4. The number of nitrogens with one attached hydrogen (secondary N) is 1. The monoisotopic (exact) mass is 543 g/mol. The number of likely N-dealkylation sites (tertiary alicyclic amines) is 2. The number of hydrogen-bond acceptors (Lipinski definition) is 8. The molecule has 0 radical (unpaired) electrons. The predicted molar refractivity (Wildman–Crippen MR) is 145 cm³/mol. The molecular weight excluding hydrogens is 506 g/mol. The lowest BCUT2D eigenvalue weighted by Crippen LogP contribution is -2.48. The summed E-state index contributed by atoms with van der Waals surface area (Å²) < 4.78 is 11.7. The quantitative estimate of drug-likeness (QED) is 0.626. The highest BCUT2D eigenvalue weighted by Crippen LogP contribution is 2.34. The van der Waals surface area contributed by atoms with E-state index in [-0.39, 0.29) is 23.8 Å². The van der Waals surface area contributed by atoms with Crippen molar-refractivity contribution in [1.82, 2.24) is 25.0 Å². The fraction of sp³-hybridized carbons (Fsp3) is 0.630. The molecule has 38 heavy (non-hydrogen) atoms. The molecule has 0 saturated carbocycles. The first-order chi connectivity index (χ1) is 18.1. The van der Waals surface area contributed by atoms with Crippen LogP contribution in [0.2, 0.25) is 0 Å². The summed E-state index contributed by atoms with van der Waals surface area (Å²) >= 11 is 1.75. The van der Waals surface area contributed by atoms with Gasteiger partial charge in [0.15, 0.2) is 11.5 Å². The van der Waals surface area contributed by atoms with Crippen LogP contribution in [-0.2, 0) is 9.53 Å². The Bertz CT molecular complexity index is 1200. The Kier molecular flexibility index (Phi) is 7.59. The van der Waals surface area contributed by atoms with Crippen LogP contribution in [-0.4, -0.2) is 100 Å². The Morgan fingerprint density at radius 1 is 1.16 bits per heavy atom. The number of ether oxygens (including phenoxy) is 1. The molecule has 3 aliphatic heterocycles. The van der Waals surface area contributed by atoms with Gasteiger partial charge in [-0.1, -0.05) is 0 Å². The molecule has 11 heteroatoms. The number of fused-ring (bicyclic) bond motifs is 1. The van der Waals surface area contributed by atoms with Gasteiger partial charge >= 0.3 is 6.09 Å². The van der Waals surface area contributed by atoms with Gasteiger partial charge < -0.3 is 19.4 Å². The number of amides is 3. The largest absolute Gasteiger partial charge is 0.444 e. The van der Waals surface area contributed by atoms with Crippen LogP contribution in [0.3, 0.4) is 0 Å². The highest BCUT2D eigenvalue weighted by molar-refractivity contribution is 7.99. The van der Waals surface area contributed by atoms with Gasteiger partial charge in [0.2, 0.25) is 5.91 Å². The Labute approximate surface area is 227 Å². The average Bonchev–Trinajstić information content (AvgIpc) is 3.66.